The molecule has 1 fully saturated rings. The molecule has 4 nitrogen and oxygen atoms in total. The number of thioether (sulfide) groups is 1. The summed E-state index contributed by atoms with van der Waals surface area (Å²) in [5.41, 5.74) is 2.03. The van der Waals surface area contributed by atoms with Gasteiger partial charge in [-0.25, -0.2) is 0 Å². The van der Waals surface area contributed by atoms with Crippen LogP contribution in [0.2, 0.25) is 0 Å². The van der Waals surface area contributed by atoms with Crippen molar-refractivity contribution in [2.45, 2.75) is 23.8 Å². The summed E-state index contributed by atoms with van der Waals surface area (Å²) < 4.78 is 5.41. The standard InChI is InChI=1S/C20H24N2O2S/c1-24-18-11-13-22(15-18)17-9-7-16(8-10-17)21-20(23)12-14-25-19-5-3-2-4-6-19/h2-10,18H,11-15H2,1H3,(H,21,23)/t18-/m0/s1. The van der Waals surface area contributed by atoms with Crippen LogP contribution in [0.3, 0.4) is 0 Å². The highest BCUT2D eigenvalue weighted by Gasteiger charge is 2.22. The average Bonchev–Trinajstić information content (AvgIpc) is 3.12. The Bertz CT molecular complexity index is 676. The van der Waals surface area contributed by atoms with Crippen molar-refractivity contribution in [1.29, 1.82) is 0 Å². The molecule has 25 heavy (non-hydrogen) atoms. The highest BCUT2D eigenvalue weighted by molar-refractivity contribution is 7.99. The quantitative estimate of drug-likeness (QED) is 0.761. The number of carbonyl (C=O) groups excluding carboxylic acids is 1. The summed E-state index contributed by atoms with van der Waals surface area (Å²) in [7, 11) is 1.77. The summed E-state index contributed by atoms with van der Waals surface area (Å²) in [4.78, 5) is 15.6. The number of amides is 1. The Balaban J connectivity index is 1.44. The van der Waals surface area contributed by atoms with Crippen molar-refractivity contribution >= 4 is 29.0 Å². The Morgan fingerprint density at radius 1 is 1.20 bits per heavy atom. The van der Waals surface area contributed by atoms with Gasteiger partial charge in [0.1, 0.15) is 0 Å². The van der Waals surface area contributed by atoms with E-state index in [0.717, 1.165) is 31.0 Å². The maximum Gasteiger partial charge on any atom is 0.225 e. The molecule has 1 heterocycles. The van der Waals surface area contributed by atoms with E-state index >= 15 is 0 Å². The highest BCUT2D eigenvalue weighted by Crippen LogP contribution is 2.23. The van der Waals surface area contributed by atoms with Gasteiger partial charge < -0.3 is 15.0 Å². The minimum atomic E-state index is 0.0526. The Labute approximate surface area is 153 Å². The average molecular weight is 356 g/mol. The van der Waals surface area contributed by atoms with E-state index < -0.39 is 0 Å². The molecule has 0 radical (unpaired) electrons. The molecule has 0 aromatic heterocycles. The summed E-state index contributed by atoms with van der Waals surface area (Å²) in [6, 6.07) is 18.2. The normalized spacial score (nSPS) is 16.8. The molecular formula is C20H24N2O2S. The lowest BCUT2D eigenvalue weighted by Gasteiger charge is -2.18. The van der Waals surface area contributed by atoms with E-state index in [9.17, 15) is 4.79 Å². The van der Waals surface area contributed by atoms with Gasteiger partial charge in [0.25, 0.3) is 0 Å². The Kier molecular flexibility index (Phi) is 6.36. The van der Waals surface area contributed by atoms with Crippen LogP contribution in [0.15, 0.2) is 59.5 Å². The maximum atomic E-state index is 12.1. The molecular weight excluding hydrogens is 332 g/mol. The molecule has 0 spiro atoms. The third kappa shape index (κ3) is 5.25. The second-order valence-corrected chi connectivity index (χ2v) is 7.27. The van der Waals surface area contributed by atoms with E-state index in [1.165, 1.54) is 10.6 Å². The number of carbonyl (C=O) groups is 1. The van der Waals surface area contributed by atoms with Crippen LogP contribution in [0.4, 0.5) is 11.4 Å². The van der Waals surface area contributed by atoms with Gasteiger partial charge >= 0.3 is 0 Å². The second kappa shape index (κ2) is 8.92. The van der Waals surface area contributed by atoms with E-state index in [4.69, 9.17) is 4.74 Å². The van der Waals surface area contributed by atoms with Crippen LogP contribution in [0.1, 0.15) is 12.8 Å². The minimum absolute atomic E-state index is 0.0526. The molecule has 0 saturated carbocycles. The summed E-state index contributed by atoms with van der Waals surface area (Å²) in [6.07, 6.45) is 1.89. The van der Waals surface area contributed by atoms with Gasteiger partial charge in [-0.05, 0) is 42.8 Å². The first-order valence-electron chi connectivity index (χ1n) is 8.60. The van der Waals surface area contributed by atoms with Crippen LogP contribution in [-0.4, -0.2) is 38.0 Å². The molecule has 1 amide bonds. The molecule has 1 aliphatic heterocycles. The monoisotopic (exact) mass is 356 g/mol. The molecule has 1 N–H and O–H groups in total. The maximum absolute atomic E-state index is 12.1. The van der Waals surface area contributed by atoms with Crippen LogP contribution in [0, 0.1) is 0 Å². The molecule has 5 heteroatoms. The highest BCUT2D eigenvalue weighted by atomic mass is 32.2. The topological polar surface area (TPSA) is 41.6 Å². The lowest BCUT2D eigenvalue weighted by molar-refractivity contribution is -0.115. The molecule has 1 saturated heterocycles. The van der Waals surface area contributed by atoms with Gasteiger partial charge in [-0.15, -0.1) is 11.8 Å². The Morgan fingerprint density at radius 3 is 2.64 bits per heavy atom. The number of rotatable bonds is 7. The van der Waals surface area contributed by atoms with Crippen molar-refractivity contribution in [3.63, 3.8) is 0 Å². The molecule has 1 aliphatic rings. The molecule has 2 aromatic carbocycles. The van der Waals surface area contributed by atoms with Gasteiger partial charge in [0.2, 0.25) is 5.91 Å². The Hall–Kier alpha value is -1.98. The SMILES string of the molecule is CO[C@H]1CCN(c2ccc(NC(=O)CCSc3ccccc3)cc2)C1. The molecule has 1 atom stereocenters. The molecule has 0 unspecified atom stereocenters. The number of methoxy groups -OCH3 is 1. The van der Waals surface area contributed by atoms with Crippen LogP contribution in [-0.2, 0) is 9.53 Å². The first-order chi connectivity index (χ1) is 12.2. The van der Waals surface area contributed by atoms with Crippen LogP contribution in [0.25, 0.3) is 0 Å². The third-order valence-corrected chi connectivity index (χ3v) is 5.35. The number of hydrogen-bond donors (Lipinski definition) is 1. The van der Waals surface area contributed by atoms with Crippen LogP contribution in [0.5, 0.6) is 0 Å². The largest absolute Gasteiger partial charge is 0.380 e. The van der Waals surface area contributed by atoms with Crippen molar-refractivity contribution in [2.75, 3.05) is 36.2 Å². The van der Waals surface area contributed by atoms with E-state index in [1.54, 1.807) is 18.9 Å². The fourth-order valence-electron chi connectivity index (χ4n) is 2.91. The number of hydrogen-bond acceptors (Lipinski definition) is 4. The van der Waals surface area contributed by atoms with Gasteiger partial charge in [-0.2, -0.15) is 0 Å². The lowest BCUT2D eigenvalue weighted by atomic mass is 10.2. The zero-order valence-corrected chi connectivity index (χ0v) is 15.3. The van der Waals surface area contributed by atoms with E-state index in [2.05, 4.69) is 34.5 Å². The van der Waals surface area contributed by atoms with E-state index in [0.29, 0.717) is 12.5 Å². The van der Waals surface area contributed by atoms with Crippen LogP contribution >= 0.6 is 11.8 Å². The fourth-order valence-corrected chi connectivity index (χ4v) is 3.79. The van der Waals surface area contributed by atoms with E-state index in [-0.39, 0.29) is 5.91 Å². The van der Waals surface area contributed by atoms with Gasteiger partial charge in [-0.1, -0.05) is 18.2 Å². The smallest absolute Gasteiger partial charge is 0.225 e. The molecule has 132 valence electrons. The van der Waals surface area contributed by atoms with Crippen molar-refractivity contribution in [3.8, 4) is 0 Å². The van der Waals surface area contributed by atoms with Gasteiger partial charge in [0.05, 0.1) is 6.10 Å². The predicted octanol–water partition coefficient (Wildman–Crippen LogP) is 4.03. The first-order valence-corrected chi connectivity index (χ1v) is 9.58. The Morgan fingerprint density at radius 2 is 1.96 bits per heavy atom. The van der Waals surface area contributed by atoms with Crippen molar-refractivity contribution < 1.29 is 9.53 Å². The van der Waals surface area contributed by atoms with Crippen molar-refractivity contribution in [3.05, 3.63) is 54.6 Å². The summed E-state index contributed by atoms with van der Waals surface area (Å²) in [5, 5.41) is 2.97. The third-order valence-electron chi connectivity index (χ3n) is 4.34. The molecule has 2 aromatic rings. The molecule has 3 rings (SSSR count). The zero-order valence-electron chi connectivity index (χ0n) is 14.5. The van der Waals surface area contributed by atoms with Gasteiger partial charge in [0, 0.05) is 48.6 Å². The summed E-state index contributed by atoms with van der Waals surface area (Å²) >= 11 is 1.70. The second-order valence-electron chi connectivity index (χ2n) is 6.10. The number of nitrogens with zero attached hydrogens (tertiary/aromatic N) is 1. The first kappa shape index (κ1) is 17.8. The van der Waals surface area contributed by atoms with Crippen LogP contribution < -0.4 is 10.2 Å². The number of anilines is 2. The number of ether oxygens (including phenoxy) is 1. The fraction of sp³-hybridized carbons (Fsp3) is 0.350. The number of nitrogens with one attached hydrogen (secondary N) is 1. The van der Waals surface area contributed by atoms with Gasteiger partial charge in [0.15, 0.2) is 0 Å². The zero-order chi connectivity index (χ0) is 17.5. The minimum Gasteiger partial charge on any atom is -0.380 e. The number of benzene rings is 2. The summed E-state index contributed by atoms with van der Waals surface area (Å²) in [6.45, 7) is 1.94. The van der Waals surface area contributed by atoms with Gasteiger partial charge in [-0.3, -0.25) is 4.79 Å². The lowest BCUT2D eigenvalue weighted by Crippen LogP contribution is -2.22. The summed E-state index contributed by atoms with van der Waals surface area (Å²) in [5.74, 6) is 0.830. The molecule has 0 aliphatic carbocycles. The van der Waals surface area contributed by atoms with E-state index in [1.807, 2.05) is 30.3 Å². The molecule has 0 bridgehead atoms. The predicted molar refractivity (Wildman–Crippen MR) is 104 cm³/mol. The van der Waals surface area contributed by atoms with Crippen molar-refractivity contribution in [1.82, 2.24) is 0 Å². The van der Waals surface area contributed by atoms with Crippen molar-refractivity contribution in [2.24, 2.45) is 0 Å².